The van der Waals surface area contributed by atoms with Crippen molar-refractivity contribution >= 4 is 29.0 Å². The Hall–Kier alpha value is -2.86. The molecule has 1 saturated heterocycles. The van der Waals surface area contributed by atoms with Gasteiger partial charge < -0.3 is 14.0 Å². The molecule has 2 aromatic rings. The number of ether oxygens (including phenoxy) is 2. The summed E-state index contributed by atoms with van der Waals surface area (Å²) >= 11 is 1.30. The second kappa shape index (κ2) is 10.9. The molecule has 2 N–H and O–H groups in total. The van der Waals surface area contributed by atoms with Gasteiger partial charge in [0.2, 0.25) is 0 Å². The Balaban J connectivity index is 2.00. The van der Waals surface area contributed by atoms with E-state index in [1.54, 1.807) is 20.8 Å². The van der Waals surface area contributed by atoms with Crippen molar-refractivity contribution in [1.29, 1.82) is 0 Å². The van der Waals surface area contributed by atoms with E-state index < -0.39 is 29.3 Å². The average Bonchev–Trinajstić information content (AvgIpc) is 3.40. The van der Waals surface area contributed by atoms with E-state index in [4.69, 9.17) is 9.47 Å². The quantitative estimate of drug-likeness (QED) is 0.477. The molecule has 12 heteroatoms. The fourth-order valence-corrected chi connectivity index (χ4v) is 4.58. The van der Waals surface area contributed by atoms with Crippen LogP contribution in [-0.4, -0.2) is 34.9 Å². The minimum Gasteiger partial charge on any atom is -0.443 e. The predicted molar refractivity (Wildman–Crippen MR) is 134 cm³/mol. The number of carbonyl (C=O) groups excluding carboxylic acids is 2. The second-order valence-electron chi connectivity index (χ2n) is 10.8. The molecular formula is C25H33F3N4O4S. The van der Waals surface area contributed by atoms with Crippen molar-refractivity contribution in [1.82, 2.24) is 9.99 Å². The maximum atomic E-state index is 13.4. The van der Waals surface area contributed by atoms with Gasteiger partial charge in [0, 0.05) is 17.7 Å². The Kier molecular flexibility index (Phi) is 8.43. The normalized spacial score (nSPS) is 17.1. The van der Waals surface area contributed by atoms with Gasteiger partial charge in [-0.3, -0.25) is 10.2 Å². The minimum absolute atomic E-state index is 0.0275. The topological polar surface area (TPSA) is 94.0 Å². The number of thiazole rings is 1. The number of rotatable bonds is 5. The summed E-state index contributed by atoms with van der Waals surface area (Å²) in [7, 11) is 0. The van der Waals surface area contributed by atoms with E-state index in [2.05, 4.69) is 15.8 Å². The Labute approximate surface area is 217 Å². The zero-order chi connectivity index (χ0) is 27.6. The number of nitrogens with zero attached hydrogens (tertiary/aromatic N) is 2. The lowest BCUT2D eigenvalue weighted by Crippen LogP contribution is -2.36. The smallest absolute Gasteiger partial charge is 0.426 e. The van der Waals surface area contributed by atoms with Gasteiger partial charge >= 0.3 is 12.3 Å². The van der Waals surface area contributed by atoms with Crippen LogP contribution in [-0.2, 0) is 27.6 Å². The van der Waals surface area contributed by atoms with Crippen LogP contribution in [0.15, 0.2) is 29.4 Å². The van der Waals surface area contributed by atoms with E-state index in [-0.39, 0.29) is 22.8 Å². The fraction of sp³-hybridized carbons (Fsp3) is 0.560. The molecule has 3 rings (SSSR count). The van der Waals surface area contributed by atoms with Gasteiger partial charge in [0.15, 0.2) is 4.80 Å². The van der Waals surface area contributed by atoms with Crippen LogP contribution in [0.5, 0.6) is 0 Å². The van der Waals surface area contributed by atoms with Crippen molar-refractivity contribution < 1.29 is 32.2 Å². The lowest BCUT2D eigenvalue weighted by atomic mass is 9.95. The predicted octanol–water partition coefficient (Wildman–Crippen LogP) is 5.64. The van der Waals surface area contributed by atoms with Crippen LogP contribution in [0.3, 0.4) is 0 Å². The molecule has 0 aliphatic carbocycles. The molecule has 1 fully saturated rings. The molecule has 1 aromatic heterocycles. The Morgan fingerprint density at radius 1 is 1.19 bits per heavy atom. The molecule has 2 amide bonds. The van der Waals surface area contributed by atoms with Crippen LogP contribution >= 0.6 is 11.3 Å². The lowest BCUT2D eigenvalue weighted by Gasteiger charge is -2.20. The summed E-state index contributed by atoms with van der Waals surface area (Å²) in [6, 6.07) is 2.60. The molecule has 1 aliphatic heterocycles. The third kappa shape index (κ3) is 8.06. The molecule has 1 aliphatic rings. The molecule has 0 unspecified atom stereocenters. The zero-order valence-corrected chi connectivity index (χ0v) is 22.6. The third-order valence-corrected chi connectivity index (χ3v) is 6.80. The van der Waals surface area contributed by atoms with Gasteiger partial charge in [-0.05, 0) is 57.2 Å². The first kappa shape index (κ1) is 28.7. The maximum Gasteiger partial charge on any atom is 0.426 e. The van der Waals surface area contributed by atoms with Crippen LogP contribution in [0.4, 0.5) is 23.7 Å². The van der Waals surface area contributed by atoms with Gasteiger partial charge in [-0.1, -0.05) is 20.8 Å². The highest BCUT2D eigenvalue weighted by molar-refractivity contribution is 7.09. The number of carbonyl (C=O) groups is 2. The number of benzene rings is 1. The highest BCUT2D eigenvalue weighted by atomic mass is 32.1. The number of amides is 2. The highest BCUT2D eigenvalue weighted by Gasteiger charge is 2.32. The summed E-state index contributed by atoms with van der Waals surface area (Å²) in [5.41, 5.74) is 2.32. The molecule has 1 aromatic carbocycles. The Bertz CT molecular complexity index is 1200. The third-order valence-electron chi connectivity index (χ3n) is 5.36. The second-order valence-corrected chi connectivity index (χ2v) is 11.9. The molecule has 8 nitrogen and oxygen atoms in total. The fourth-order valence-electron chi connectivity index (χ4n) is 3.53. The standard InChI is InChI=1S/C25H33F3N4O4S/c1-23(2,3)19-14-32(13-16-8-7-11-35-16)21(37-19)29-20(33)17-12-15(25(26,27)28)9-10-18(17)30-31-22(34)36-24(4,5)6/h9-10,12,14,16,30H,7-8,11,13H2,1-6H3,(H,31,34)/b29-21-/t16-/m1/s1. The molecule has 37 heavy (non-hydrogen) atoms. The summed E-state index contributed by atoms with van der Waals surface area (Å²) in [6.07, 6.45) is -1.83. The van der Waals surface area contributed by atoms with Gasteiger partial charge in [0.05, 0.1) is 29.5 Å². The first-order chi connectivity index (χ1) is 17.0. The SMILES string of the molecule is CC(C)(C)OC(=O)NNc1ccc(C(F)(F)F)cc1C(=O)/N=c1\sc(C(C)(C)C)cn1C[C@H]1CCCO1. The molecule has 0 bridgehead atoms. The summed E-state index contributed by atoms with van der Waals surface area (Å²) < 4.78 is 53.0. The first-order valence-corrected chi connectivity index (χ1v) is 12.7. The molecule has 0 radical (unpaired) electrons. The van der Waals surface area contributed by atoms with Crippen LogP contribution in [0.25, 0.3) is 0 Å². The molecule has 0 saturated carbocycles. The molecule has 0 spiro atoms. The van der Waals surface area contributed by atoms with Crippen molar-refractivity contribution in [3.05, 3.63) is 45.2 Å². The van der Waals surface area contributed by atoms with E-state index in [0.29, 0.717) is 24.0 Å². The number of alkyl halides is 3. The largest absolute Gasteiger partial charge is 0.443 e. The van der Waals surface area contributed by atoms with Gasteiger partial charge in [-0.25, -0.2) is 10.2 Å². The zero-order valence-electron chi connectivity index (χ0n) is 21.8. The van der Waals surface area contributed by atoms with Crippen molar-refractivity contribution in [3.63, 3.8) is 0 Å². The van der Waals surface area contributed by atoms with Gasteiger partial charge in [0.1, 0.15) is 5.60 Å². The van der Waals surface area contributed by atoms with Crippen LogP contribution in [0.2, 0.25) is 0 Å². The van der Waals surface area contributed by atoms with Crippen LogP contribution < -0.4 is 15.7 Å². The van der Waals surface area contributed by atoms with E-state index >= 15 is 0 Å². The van der Waals surface area contributed by atoms with Gasteiger partial charge in [0.25, 0.3) is 5.91 Å². The summed E-state index contributed by atoms with van der Waals surface area (Å²) in [4.78, 5) is 30.8. The number of halogens is 3. The number of hydrogen-bond acceptors (Lipinski definition) is 6. The van der Waals surface area contributed by atoms with Gasteiger partial charge in [-0.15, -0.1) is 11.3 Å². The van der Waals surface area contributed by atoms with Crippen molar-refractivity contribution in [2.45, 2.75) is 84.2 Å². The number of hydrogen-bond donors (Lipinski definition) is 2. The molecule has 2 heterocycles. The Morgan fingerprint density at radius 2 is 1.89 bits per heavy atom. The van der Waals surface area contributed by atoms with E-state index in [0.717, 1.165) is 29.9 Å². The van der Waals surface area contributed by atoms with Crippen molar-refractivity contribution in [2.75, 3.05) is 12.0 Å². The monoisotopic (exact) mass is 542 g/mol. The number of anilines is 1. The molecule has 204 valence electrons. The summed E-state index contributed by atoms with van der Waals surface area (Å²) in [5.74, 6) is -0.886. The number of hydrazine groups is 1. The minimum atomic E-state index is -4.67. The average molecular weight is 543 g/mol. The summed E-state index contributed by atoms with van der Waals surface area (Å²) in [6.45, 7) is 12.2. The van der Waals surface area contributed by atoms with Crippen molar-refractivity contribution in [3.8, 4) is 0 Å². The van der Waals surface area contributed by atoms with Gasteiger partial charge in [-0.2, -0.15) is 18.2 Å². The van der Waals surface area contributed by atoms with E-state index in [1.165, 1.54) is 11.3 Å². The van der Waals surface area contributed by atoms with Crippen molar-refractivity contribution in [2.24, 2.45) is 4.99 Å². The first-order valence-electron chi connectivity index (χ1n) is 11.9. The maximum absolute atomic E-state index is 13.4. The van der Waals surface area contributed by atoms with E-state index in [9.17, 15) is 22.8 Å². The van der Waals surface area contributed by atoms with Crippen LogP contribution in [0, 0.1) is 0 Å². The number of nitrogens with one attached hydrogen (secondary N) is 2. The summed E-state index contributed by atoms with van der Waals surface area (Å²) in [5, 5.41) is 0. The lowest BCUT2D eigenvalue weighted by molar-refractivity contribution is -0.137. The molecule has 1 atom stereocenters. The Morgan fingerprint density at radius 3 is 2.46 bits per heavy atom. The molecular weight excluding hydrogens is 509 g/mol. The highest BCUT2D eigenvalue weighted by Crippen LogP contribution is 2.32. The van der Waals surface area contributed by atoms with E-state index in [1.807, 2.05) is 31.5 Å². The number of aromatic nitrogens is 1. The van der Waals surface area contributed by atoms with Crippen LogP contribution in [0.1, 0.15) is 75.2 Å².